The monoisotopic (exact) mass is 108 g/mol. The van der Waals surface area contributed by atoms with E-state index >= 15 is 0 Å². The average Bonchev–Trinajstić information content (AvgIpc) is 1.69. The van der Waals surface area contributed by atoms with Gasteiger partial charge in [-0.1, -0.05) is 11.3 Å². The highest BCUT2D eigenvalue weighted by atomic mass is 17.0. The van der Waals surface area contributed by atoms with Crippen LogP contribution in [0.2, 0.25) is 0 Å². The summed E-state index contributed by atoms with van der Waals surface area (Å²) in [6, 6.07) is 0. The van der Waals surface area contributed by atoms with Crippen LogP contribution in [0.15, 0.2) is 0 Å². The summed E-state index contributed by atoms with van der Waals surface area (Å²) in [5, 5.41) is 7.68. The van der Waals surface area contributed by atoms with Gasteiger partial charge in [0.1, 0.15) is 0 Å². The second kappa shape index (κ2) is 5.80. The SMILES string of the molecule is CCONONO. The number of hydrogen-bond donors (Lipinski definition) is 3. The Bertz CT molecular complexity index is 30.1. The third-order valence-corrected chi connectivity index (χ3v) is 0.291. The molecule has 0 spiro atoms. The normalized spacial score (nSPS) is 9.43. The van der Waals surface area contributed by atoms with Crippen molar-refractivity contribution in [3.05, 3.63) is 0 Å². The lowest BCUT2D eigenvalue weighted by Gasteiger charge is -1.97. The number of nitrogens with one attached hydrogen (secondary N) is 2. The fourth-order valence-corrected chi connectivity index (χ4v) is 0.107. The summed E-state index contributed by atoms with van der Waals surface area (Å²) in [5.74, 6) is 0. The first-order chi connectivity index (χ1) is 3.41. The van der Waals surface area contributed by atoms with Crippen LogP contribution >= 0.6 is 0 Å². The van der Waals surface area contributed by atoms with Crippen LogP contribution in [0.3, 0.4) is 0 Å². The maximum Gasteiger partial charge on any atom is 0.0681 e. The third kappa shape index (κ3) is 5.80. The molecule has 3 N–H and O–H groups in total. The topological polar surface area (TPSA) is 62.8 Å². The zero-order valence-electron chi connectivity index (χ0n) is 3.97. The summed E-state index contributed by atoms with van der Waals surface area (Å²) in [7, 11) is 0. The predicted molar refractivity (Wildman–Crippen MR) is 20.8 cm³/mol. The summed E-state index contributed by atoms with van der Waals surface area (Å²) in [5.41, 5.74) is 3.29. The smallest absolute Gasteiger partial charge is 0.0681 e. The van der Waals surface area contributed by atoms with E-state index in [0.29, 0.717) is 6.61 Å². The van der Waals surface area contributed by atoms with E-state index in [2.05, 4.69) is 9.78 Å². The van der Waals surface area contributed by atoms with Crippen molar-refractivity contribution in [2.24, 2.45) is 0 Å². The summed E-state index contributed by atoms with van der Waals surface area (Å²) in [6.07, 6.45) is 0. The zero-order chi connectivity index (χ0) is 5.54. The molecular weight excluding hydrogens is 100 g/mol. The molecule has 0 aromatic carbocycles. The lowest BCUT2D eigenvalue weighted by molar-refractivity contribution is -0.270. The van der Waals surface area contributed by atoms with Gasteiger partial charge >= 0.3 is 0 Å². The lowest BCUT2D eigenvalue weighted by atomic mass is 10.9. The van der Waals surface area contributed by atoms with Crippen molar-refractivity contribution in [3.63, 3.8) is 0 Å². The van der Waals surface area contributed by atoms with Gasteiger partial charge in [0.25, 0.3) is 0 Å². The minimum absolute atomic E-state index is 0.474. The minimum atomic E-state index is 0.474. The highest BCUT2D eigenvalue weighted by molar-refractivity contribution is 3.94. The Labute approximate surface area is 41.0 Å². The summed E-state index contributed by atoms with van der Waals surface area (Å²) in [4.78, 5) is 8.29. The largest absolute Gasteiger partial charge is 0.291 e. The summed E-state index contributed by atoms with van der Waals surface area (Å²) < 4.78 is 0. The molecule has 0 aliphatic carbocycles. The molecule has 0 fully saturated rings. The van der Waals surface area contributed by atoms with Crippen molar-refractivity contribution in [1.82, 2.24) is 11.3 Å². The van der Waals surface area contributed by atoms with Crippen LogP contribution in [0.1, 0.15) is 6.92 Å². The molecule has 0 radical (unpaired) electrons. The van der Waals surface area contributed by atoms with Gasteiger partial charge in [0, 0.05) is 0 Å². The fourth-order valence-electron chi connectivity index (χ4n) is 0.107. The molecule has 0 aliphatic heterocycles. The molecule has 0 atom stereocenters. The van der Waals surface area contributed by atoms with E-state index < -0.39 is 0 Å². The van der Waals surface area contributed by atoms with Crippen molar-refractivity contribution in [2.75, 3.05) is 6.61 Å². The molecule has 0 saturated heterocycles. The molecule has 44 valence electrons. The number of hydrogen-bond acceptors (Lipinski definition) is 5. The Kier molecular flexibility index (Phi) is 5.63. The van der Waals surface area contributed by atoms with E-state index in [1.165, 1.54) is 5.64 Å². The first-order valence-corrected chi connectivity index (χ1v) is 1.83. The summed E-state index contributed by atoms with van der Waals surface area (Å²) in [6.45, 7) is 2.25. The molecule has 0 bridgehead atoms. The van der Waals surface area contributed by atoms with Crippen molar-refractivity contribution >= 4 is 0 Å². The molecule has 0 amide bonds. The van der Waals surface area contributed by atoms with Gasteiger partial charge in [0.05, 0.1) is 6.61 Å². The van der Waals surface area contributed by atoms with E-state index in [-0.39, 0.29) is 0 Å². The van der Waals surface area contributed by atoms with Crippen LogP contribution in [-0.4, -0.2) is 11.8 Å². The third-order valence-electron chi connectivity index (χ3n) is 0.291. The van der Waals surface area contributed by atoms with E-state index in [4.69, 9.17) is 5.21 Å². The van der Waals surface area contributed by atoms with Crippen molar-refractivity contribution in [1.29, 1.82) is 0 Å². The minimum Gasteiger partial charge on any atom is -0.291 e. The maximum absolute atomic E-state index is 7.68. The predicted octanol–water partition coefficient (Wildman–Crippen LogP) is -0.647. The van der Waals surface area contributed by atoms with E-state index in [1.807, 2.05) is 5.64 Å². The molecule has 0 aromatic rings. The second-order valence-electron chi connectivity index (χ2n) is 0.710. The Morgan fingerprint density at radius 2 is 2.43 bits per heavy atom. The molecular formula is C2H8N2O3. The Morgan fingerprint density at radius 1 is 1.71 bits per heavy atom. The molecule has 0 aliphatic rings. The van der Waals surface area contributed by atoms with Gasteiger partial charge < -0.3 is 0 Å². The van der Waals surface area contributed by atoms with Crippen LogP contribution in [0, 0.1) is 0 Å². The lowest BCUT2D eigenvalue weighted by Crippen LogP contribution is -2.23. The van der Waals surface area contributed by atoms with Gasteiger partial charge in [-0.15, -0.1) is 0 Å². The van der Waals surface area contributed by atoms with Gasteiger partial charge in [0.2, 0.25) is 0 Å². The summed E-state index contributed by atoms with van der Waals surface area (Å²) >= 11 is 0. The average molecular weight is 108 g/mol. The van der Waals surface area contributed by atoms with E-state index in [0.717, 1.165) is 0 Å². The fraction of sp³-hybridized carbons (Fsp3) is 1.00. The van der Waals surface area contributed by atoms with Crippen LogP contribution in [-0.2, 0) is 9.78 Å². The van der Waals surface area contributed by atoms with E-state index in [9.17, 15) is 0 Å². The first-order valence-electron chi connectivity index (χ1n) is 1.83. The highest BCUT2D eigenvalue weighted by Crippen LogP contribution is 1.58. The molecule has 7 heavy (non-hydrogen) atoms. The van der Waals surface area contributed by atoms with Crippen molar-refractivity contribution in [2.45, 2.75) is 6.92 Å². The molecule has 5 nitrogen and oxygen atoms in total. The van der Waals surface area contributed by atoms with Gasteiger partial charge in [-0.2, -0.15) is 4.94 Å². The molecule has 0 unspecified atom stereocenters. The zero-order valence-corrected chi connectivity index (χ0v) is 3.97. The van der Waals surface area contributed by atoms with E-state index in [1.54, 1.807) is 6.92 Å². The molecule has 5 heteroatoms. The van der Waals surface area contributed by atoms with Gasteiger partial charge in [0.15, 0.2) is 0 Å². The Hall–Kier alpha value is -0.200. The van der Waals surface area contributed by atoms with Crippen molar-refractivity contribution in [3.8, 4) is 0 Å². The molecule has 0 aromatic heterocycles. The molecule has 0 heterocycles. The van der Waals surface area contributed by atoms with Gasteiger partial charge in [-0.25, -0.2) is 0 Å². The Balaban J connectivity index is 2.45. The van der Waals surface area contributed by atoms with Crippen molar-refractivity contribution < 1.29 is 15.0 Å². The standard InChI is InChI=1S/C2H8N2O3/c1-2-6-4-7-3-5/h3-5H,2H2,1H3. The molecule has 0 saturated carbocycles. The van der Waals surface area contributed by atoms with Gasteiger partial charge in [-0.3, -0.25) is 10.0 Å². The highest BCUT2D eigenvalue weighted by Gasteiger charge is 1.74. The van der Waals surface area contributed by atoms with Crippen LogP contribution in [0.4, 0.5) is 0 Å². The number of rotatable bonds is 4. The molecule has 0 rings (SSSR count). The second-order valence-corrected chi connectivity index (χ2v) is 0.710. The maximum atomic E-state index is 7.68. The Morgan fingerprint density at radius 3 is 2.86 bits per heavy atom. The van der Waals surface area contributed by atoms with Gasteiger partial charge in [-0.05, 0) is 6.92 Å². The van der Waals surface area contributed by atoms with Crippen LogP contribution in [0.25, 0.3) is 0 Å². The van der Waals surface area contributed by atoms with Crippen LogP contribution < -0.4 is 11.3 Å². The quantitative estimate of drug-likeness (QED) is 0.330. The first kappa shape index (κ1) is 6.80. The van der Waals surface area contributed by atoms with Crippen LogP contribution in [0.5, 0.6) is 0 Å².